The Balaban J connectivity index is 1.45. The fraction of sp³-hybridized carbons (Fsp3) is 0.560. The van der Waals surface area contributed by atoms with Crippen LogP contribution in [0.25, 0.3) is 0 Å². The molecule has 0 unspecified atom stereocenters. The van der Waals surface area contributed by atoms with E-state index in [1.807, 2.05) is 12.3 Å². The second-order valence-corrected chi connectivity index (χ2v) is 8.86. The van der Waals surface area contributed by atoms with Crippen LogP contribution in [-0.4, -0.2) is 17.2 Å². The summed E-state index contributed by atoms with van der Waals surface area (Å²) in [5.41, 5.74) is 4.48. The molecule has 1 aromatic carbocycles. The highest BCUT2D eigenvalue weighted by Gasteiger charge is 2.48. The van der Waals surface area contributed by atoms with Crippen molar-refractivity contribution in [3.8, 4) is 0 Å². The SMILES string of the molecule is Cc1cccc(CCCC[C@@]2(c3ccccn3)CCOC3(CCCC3)C2)c1. The van der Waals surface area contributed by atoms with Crippen molar-refractivity contribution >= 4 is 0 Å². The molecule has 1 atom stereocenters. The van der Waals surface area contributed by atoms with Crippen molar-refractivity contribution in [2.75, 3.05) is 6.61 Å². The molecule has 27 heavy (non-hydrogen) atoms. The van der Waals surface area contributed by atoms with Crippen molar-refractivity contribution in [3.05, 3.63) is 65.5 Å². The summed E-state index contributed by atoms with van der Waals surface area (Å²) < 4.78 is 6.36. The molecular formula is C25H33NO. The van der Waals surface area contributed by atoms with E-state index in [-0.39, 0.29) is 11.0 Å². The van der Waals surface area contributed by atoms with E-state index in [4.69, 9.17) is 9.72 Å². The molecule has 0 radical (unpaired) electrons. The summed E-state index contributed by atoms with van der Waals surface area (Å²) >= 11 is 0. The Hall–Kier alpha value is -1.67. The molecule has 2 fully saturated rings. The van der Waals surface area contributed by atoms with E-state index in [0.717, 1.165) is 13.0 Å². The fourth-order valence-corrected chi connectivity index (χ4v) is 5.46. The van der Waals surface area contributed by atoms with Crippen molar-refractivity contribution in [2.24, 2.45) is 0 Å². The number of aryl methyl sites for hydroxylation is 2. The fourth-order valence-electron chi connectivity index (χ4n) is 5.46. The summed E-state index contributed by atoms with van der Waals surface area (Å²) in [5.74, 6) is 0. The van der Waals surface area contributed by atoms with Gasteiger partial charge in [0.2, 0.25) is 0 Å². The average Bonchev–Trinajstić information content (AvgIpc) is 3.13. The van der Waals surface area contributed by atoms with E-state index in [0.29, 0.717) is 0 Å². The van der Waals surface area contributed by atoms with Gasteiger partial charge in [-0.3, -0.25) is 4.98 Å². The van der Waals surface area contributed by atoms with Crippen LogP contribution in [0.1, 0.15) is 74.6 Å². The monoisotopic (exact) mass is 363 g/mol. The summed E-state index contributed by atoms with van der Waals surface area (Å²) in [5, 5.41) is 0. The minimum atomic E-state index is 0.131. The molecular weight excluding hydrogens is 330 g/mol. The Morgan fingerprint density at radius 1 is 1.00 bits per heavy atom. The van der Waals surface area contributed by atoms with E-state index in [9.17, 15) is 0 Å². The van der Waals surface area contributed by atoms with Gasteiger partial charge in [0.05, 0.1) is 5.60 Å². The minimum Gasteiger partial charge on any atom is -0.375 e. The second kappa shape index (κ2) is 8.14. The van der Waals surface area contributed by atoms with Crippen molar-refractivity contribution in [1.29, 1.82) is 0 Å². The molecule has 0 N–H and O–H groups in total. The van der Waals surface area contributed by atoms with Gasteiger partial charge in [-0.1, -0.05) is 55.2 Å². The second-order valence-electron chi connectivity index (χ2n) is 8.86. The molecule has 1 aliphatic heterocycles. The smallest absolute Gasteiger partial charge is 0.0691 e. The van der Waals surface area contributed by atoms with Gasteiger partial charge in [0.1, 0.15) is 0 Å². The number of pyridine rings is 1. The van der Waals surface area contributed by atoms with Crippen molar-refractivity contribution in [1.82, 2.24) is 4.98 Å². The number of benzene rings is 1. The van der Waals surface area contributed by atoms with Gasteiger partial charge in [-0.25, -0.2) is 0 Å². The lowest BCUT2D eigenvalue weighted by Gasteiger charge is -2.46. The summed E-state index contributed by atoms with van der Waals surface area (Å²) in [4.78, 5) is 4.82. The van der Waals surface area contributed by atoms with E-state index in [2.05, 4.69) is 43.3 Å². The number of unbranched alkanes of at least 4 members (excludes halogenated alkanes) is 1. The number of ether oxygens (including phenoxy) is 1. The predicted octanol–water partition coefficient (Wildman–Crippen LogP) is 6.16. The molecule has 2 heterocycles. The number of aromatic nitrogens is 1. The Bertz CT molecular complexity index is 735. The third kappa shape index (κ3) is 4.27. The lowest BCUT2D eigenvalue weighted by atomic mass is 9.67. The molecule has 1 aliphatic carbocycles. The summed E-state index contributed by atoms with van der Waals surface area (Å²) in [6.45, 7) is 3.08. The molecule has 1 saturated heterocycles. The standard InChI is InChI=1S/C25H33NO/c1-21-9-8-11-22(19-21)10-2-4-13-24(23-12-3-7-17-26-23)16-18-27-25(20-24)14-5-6-15-25/h3,7-9,11-12,17,19H,2,4-6,10,13-16,18,20H2,1H3/t24-/m1/s1. The molecule has 1 aromatic heterocycles. The molecule has 2 heteroatoms. The lowest BCUT2D eigenvalue weighted by Crippen LogP contribution is -2.46. The van der Waals surface area contributed by atoms with Crippen LogP contribution in [0.4, 0.5) is 0 Å². The van der Waals surface area contributed by atoms with Gasteiger partial charge < -0.3 is 4.74 Å². The first kappa shape index (κ1) is 18.7. The zero-order valence-electron chi connectivity index (χ0n) is 16.8. The first-order valence-corrected chi connectivity index (χ1v) is 10.8. The molecule has 1 saturated carbocycles. The van der Waals surface area contributed by atoms with E-state index in [1.165, 1.54) is 74.6 Å². The predicted molar refractivity (Wildman–Crippen MR) is 111 cm³/mol. The van der Waals surface area contributed by atoms with Gasteiger partial charge >= 0.3 is 0 Å². The maximum atomic E-state index is 6.36. The first-order chi connectivity index (χ1) is 13.2. The molecule has 0 bridgehead atoms. The van der Waals surface area contributed by atoms with Crippen LogP contribution in [0.2, 0.25) is 0 Å². The number of hydrogen-bond donors (Lipinski definition) is 0. The maximum Gasteiger partial charge on any atom is 0.0691 e. The third-order valence-electron chi connectivity index (χ3n) is 6.83. The van der Waals surface area contributed by atoms with Gasteiger partial charge in [0.25, 0.3) is 0 Å². The summed E-state index contributed by atoms with van der Waals surface area (Å²) in [6, 6.07) is 15.4. The molecule has 144 valence electrons. The maximum absolute atomic E-state index is 6.36. The van der Waals surface area contributed by atoms with Crippen LogP contribution < -0.4 is 0 Å². The van der Waals surface area contributed by atoms with E-state index < -0.39 is 0 Å². The highest BCUT2D eigenvalue weighted by Crippen LogP contribution is 2.50. The number of nitrogens with zero attached hydrogens (tertiary/aromatic N) is 1. The molecule has 0 amide bonds. The van der Waals surface area contributed by atoms with Crippen LogP contribution in [-0.2, 0) is 16.6 Å². The van der Waals surface area contributed by atoms with Crippen LogP contribution in [0.15, 0.2) is 48.7 Å². The largest absolute Gasteiger partial charge is 0.375 e. The van der Waals surface area contributed by atoms with Crippen molar-refractivity contribution < 1.29 is 4.74 Å². The van der Waals surface area contributed by atoms with Gasteiger partial charge in [-0.15, -0.1) is 0 Å². The summed E-state index contributed by atoms with van der Waals surface area (Å²) in [7, 11) is 0. The summed E-state index contributed by atoms with van der Waals surface area (Å²) in [6.07, 6.45) is 14.3. The van der Waals surface area contributed by atoms with Crippen molar-refractivity contribution in [3.63, 3.8) is 0 Å². The Kier molecular flexibility index (Phi) is 5.63. The lowest BCUT2D eigenvalue weighted by molar-refractivity contribution is -0.104. The van der Waals surface area contributed by atoms with Gasteiger partial charge in [-0.05, 0) is 69.6 Å². The molecule has 4 rings (SSSR count). The quantitative estimate of drug-likeness (QED) is 0.573. The molecule has 2 aliphatic rings. The zero-order valence-corrected chi connectivity index (χ0v) is 16.8. The van der Waals surface area contributed by atoms with Crippen LogP contribution in [0, 0.1) is 6.92 Å². The Labute approximate surface area is 164 Å². The zero-order chi connectivity index (χ0) is 18.6. The van der Waals surface area contributed by atoms with E-state index in [1.54, 1.807) is 0 Å². The minimum absolute atomic E-state index is 0.131. The van der Waals surface area contributed by atoms with Gasteiger partial charge in [0.15, 0.2) is 0 Å². The normalized spacial score (nSPS) is 24.3. The average molecular weight is 364 g/mol. The van der Waals surface area contributed by atoms with Crippen molar-refractivity contribution in [2.45, 2.75) is 82.1 Å². The van der Waals surface area contributed by atoms with Crippen LogP contribution in [0.3, 0.4) is 0 Å². The Morgan fingerprint density at radius 2 is 1.89 bits per heavy atom. The molecule has 2 nitrogen and oxygen atoms in total. The third-order valence-corrected chi connectivity index (χ3v) is 6.83. The highest BCUT2D eigenvalue weighted by molar-refractivity contribution is 5.23. The Morgan fingerprint density at radius 3 is 2.67 bits per heavy atom. The van der Waals surface area contributed by atoms with Crippen LogP contribution in [0.5, 0.6) is 0 Å². The van der Waals surface area contributed by atoms with Gasteiger partial charge in [0, 0.05) is 23.9 Å². The number of hydrogen-bond acceptors (Lipinski definition) is 2. The topological polar surface area (TPSA) is 22.1 Å². The van der Waals surface area contributed by atoms with E-state index >= 15 is 0 Å². The molecule has 2 aromatic rings. The number of rotatable bonds is 6. The van der Waals surface area contributed by atoms with Gasteiger partial charge in [-0.2, -0.15) is 0 Å². The highest BCUT2D eigenvalue weighted by atomic mass is 16.5. The first-order valence-electron chi connectivity index (χ1n) is 10.8. The van der Waals surface area contributed by atoms with Crippen LogP contribution >= 0.6 is 0 Å². The molecule has 1 spiro atoms.